The summed E-state index contributed by atoms with van der Waals surface area (Å²) in [4.78, 5) is 42.2. The van der Waals surface area contributed by atoms with Crippen LogP contribution in [0.25, 0.3) is 22.4 Å². The molecular formula is C26H17N3O4S. The molecule has 2 aromatic heterocycles. The summed E-state index contributed by atoms with van der Waals surface area (Å²) in [5, 5.41) is 7.87. The minimum absolute atomic E-state index is 0.172. The number of nitrogens with zero attached hydrogens (tertiary/aromatic N) is 1. The van der Waals surface area contributed by atoms with E-state index in [9.17, 15) is 14.4 Å². The van der Waals surface area contributed by atoms with E-state index in [0.29, 0.717) is 38.3 Å². The zero-order valence-corrected chi connectivity index (χ0v) is 18.5. The molecule has 0 saturated heterocycles. The summed E-state index contributed by atoms with van der Waals surface area (Å²) in [6.45, 7) is 0. The maximum absolute atomic E-state index is 12.7. The SMILES string of the molecule is O=C(Nc1cccc(-c2nc3ccccc3c(=O)o2)c1)c1ccc(NC(=O)c2cccs2)cc1. The van der Waals surface area contributed by atoms with Crippen molar-refractivity contribution in [1.82, 2.24) is 4.98 Å². The van der Waals surface area contributed by atoms with E-state index in [4.69, 9.17) is 4.42 Å². The number of rotatable bonds is 5. The molecule has 0 saturated carbocycles. The van der Waals surface area contributed by atoms with Gasteiger partial charge in [-0.15, -0.1) is 11.3 Å². The molecule has 5 rings (SSSR count). The zero-order chi connectivity index (χ0) is 23.5. The number of carbonyl (C=O) groups excluding carboxylic acids is 2. The van der Waals surface area contributed by atoms with Crippen molar-refractivity contribution in [3.63, 3.8) is 0 Å². The second-order valence-corrected chi connectivity index (χ2v) is 8.32. The van der Waals surface area contributed by atoms with Gasteiger partial charge in [0.05, 0.1) is 15.8 Å². The topological polar surface area (TPSA) is 101 Å². The van der Waals surface area contributed by atoms with E-state index >= 15 is 0 Å². The number of hydrogen-bond acceptors (Lipinski definition) is 6. The molecule has 5 aromatic rings. The Kier molecular flexibility index (Phi) is 5.72. The van der Waals surface area contributed by atoms with Gasteiger partial charge in [-0.05, 0) is 66.0 Å². The maximum Gasteiger partial charge on any atom is 0.347 e. The van der Waals surface area contributed by atoms with Gasteiger partial charge >= 0.3 is 5.63 Å². The highest BCUT2D eigenvalue weighted by atomic mass is 32.1. The molecule has 0 aliphatic carbocycles. The summed E-state index contributed by atoms with van der Waals surface area (Å²) in [5.74, 6) is -0.343. The fraction of sp³-hybridized carbons (Fsp3) is 0. The van der Waals surface area contributed by atoms with Crippen molar-refractivity contribution in [3.8, 4) is 11.5 Å². The van der Waals surface area contributed by atoms with Gasteiger partial charge in [-0.2, -0.15) is 0 Å². The van der Waals surface area contributed by atoms with Crippen LogP contribution in [0.4, 0.5) is 11.4 Å². The monoisotopic (exact) mass is 467 g/mol. The maximum atomic E-state index is 12.7. The summed E-state index contributed by atoms with van der Waals surface area (Å²) >= 11 is 1.36. The van der Waals surface area contributed by atoms with Crippen LogP contribution < -0.4 is 16.3 Å². The van der Waals surface area contributed by atoms with Gasteiger partial charge in [0, 0.05) is 22.5 Å². The molecule has 34 heavy (non-hydrogen) atoms. The minimum atomic E-state index is -0.471. The number of para-hydroxylation sites is 1. The molecule has 2 heterocycles. The Morgan fingerprint density at radius 1 is 0.794 bits per heavy atom. The molecule has 0 bridgehead atoms. The van der Waals surface area contributed by atoms with Crippen LogP contribution in [0, 0.1) is 0 Å². The van der Waals surface area contributed by atoms with Crippen LogP contribution in [0.2, 0.25) is 0 Å². The minimum Gasteiger partial charge on any atom is -0.403 e. The Morgan fingerprint density at radius 3 is 2.38 bits per heavy atom. The molecule has 0 unspecified atom stereocenters. The van der Waals surface area contributed by atoms with E-state index in [1.165, 1.54) is 11.3 Å². The lowest BCUT2D eigenvalue weighted by Crippen LogP contribution is -2.13. The molecule has 7 nitrogen and oxygen atoms in total. The number of hydrogen-bond donors (Lipinski definition) is 2. The molecule has 2 amide bonds. The van der Waals surface area contributed by atoms with Gasteiger partial charge < -0.3 is 15.1 Å². The quantitative estimate of drug-likeness (QED) is 0.359. The predicted molar refractivity (Wildman–Crippen MR) is 132 cm³/mol. The molecule has 0 spiro atoms. The summed E-state index contributed by atoms with van der Waals surface area (Å²) in [7, 11) is 0. The van der Waals surface area contributed by atoms with Gasteiger partial charge in [-0.1, -0.05) is 24.3 Å². The van der Waals surface area contributed by atoms with Crippen molar-refractivity contribution in [2.24, 2.45) is 0 Å². The highest BCUT2D eigenvalue weighted by Crippen LogP contribution is 2.22. The van der Waals surface area contributed by atoms with Crippen molar-refractivity contribution in [2.75, 3.05) is 10.6 Å². The Balaban J connectivity index is 1.31. The summed E-state index contributed by atoms with van der Waals surface area (Å²) in [6, 6.07) is 24.0. The van der Waals surface area contributed by atoms with Crippen molar-refractivity contribution >= 4 is 45.4 Å². The first kappa shape index (κ1) is 21.3. The molecule has 2 N–H and O–H groups in total. The third-order valence-electron chi connectivity index (χ3n) is 5.05. The molecule has 0 aliphatic rings. The van der Waals surface area contributed by atoms with Crippen LogP contribution in [-0.2, 0) is 0 Å². The second kappa shape index (κ2) is 9.13. The first-order valence-electron chi connectivity index (χ1n) is 10.3. The van der Waals surface area contributed by atoms with E-state index in [2.05, 4.69) is 15.6 Å². The number of nitrogens with one attached hydrogen (secondary N) is 2. The fourth-order valence-corrected chi connectivity index (χ4v) is 4.00. The van der Waals surface area contributed by atoms with Crippen molar-refractivity contribution in [2.45, 2.75) is 0 Å². The number of aromatic nitrogens is 1. The van der Waals surface area contributed by atoms with Gasteiger partial charge in [0.1, 0.15) is 0 Å². The van der Waals surface area contributed by atoms with E-state index < -0.39 is 5.63 Å². The average Bonchev–Trinajstić information content (AvgIpc) is 3.40. The Bertz CT molecular complexity index is 1560. The second-order valence-electron chi connectivity index (χ2n) is 7.37. The fourth-order valence-electron chi connectivity index (χ4n) is 3.38. The predicted octanol–water partition coefficient (Wildman–Crippen LogP) is 5.42. The van der Waals surface area contributed by atoms with Crippen molar-refractivity contribution in [1.29, 1.82) is 0 Å². The number of thiophene rings is 1. The molecule has 0 aliphatic heterocycles. The molecular weight excluding hydrogens is 450 g/mol. The lowest BCUT2D eigenvalue weighted by molar-refractivity contribution is 0.102. The number of fused-ring (bicyclic) bond motifs is 1. The highest BCUT2D eigenvalue weighted by molar-refractivity contribution is 7.12. The van der Waals surface area contributed by atoms with Gasteiger partial charge in [-0.3, -0.25) is 9.59 Å². The van der Waals surface area contributed by atoms with Crippen molar-refractivity contribution < 1.29 is 14.0 Å². The number of benzene rings is 3. The summed E-state index contributed by atoms with van der Waals surface area (Å²) < 4.78 is 5.38. The van der Waals surface area contributed by atoms with Gasteiger partial charge in [-0.25, -0.2) is 9.78 Å². The molecule has 0 fully saturated rings. The lowest BCUT2D eigenvalue weighted by atomic mass is 10.1. The molecule has 0 atom stereocenters. The van der Waals surface area contributed by atoms with E-state index in [-0.39, 0.29) is 17.7 Å². The van der Waals surface area contributed by atoms with Crippen LogP contribution in [-0.4, -0.2) is 16.8 Å². The molecule has 3 aromatic carbocycles. The summed E-state index contributed by atoms with van der Waals surface area (Å²) in [5.41, 5.74) is 2.17. The zero-order valence-electron chi connectivity index (χ0n) is 17.6. The number of carbonyl (C=O) groups is 2. The van der Waals surface area contributed by atoms with E-state index in [1.54, 1.807) is 78.9 Å². The first-order valence-corrected chi connectivity index (χ1v) is 11.2. The smallest absolute Gasteiger partial charge is 0.347 e. The Morgan fingerprint density at radius 2 is 1.59 bits per heavy atom. The average molecular weight is 468 g/mol. The van der Waals surface area contributed by atoms with Gasteiger partial charge in [0.2, 0.25) is 5.89 Å². The number of anilines is 2. The van der Waals surface area contributed by atoms with Crippen LogP contribution in [0.15, 0.2) is 99.5 Å². The van der Waals surface area contributed by atoms with Crippen LogP contribution in [0.3, 0.4) is 0 Å². The Labute approximate surface area is 197 Å². The Hall–Kier alpha value is -4.56. The summed E-state index contributed by atoms with van der Waals surface area (Å²) in [6.07, 6.45) is 0. The third kappa shape index (κ3) is 4.48. The first-order chi connectivity index (χ1) is 16.6. The molecule has 166 valence electrons. The lowest BCUT2D eigenvalue weighted by Gasteiger charge is -2.08. The van der Waals surface area contributed by atoms with Crippen molar-refractivity contribution in [3.05, 3.63) is 111 Å². The number of amides is 2. The van der Waals surface area contributed by atoms with Gasteiger partial charge in [0.15, 0.2) is 0 Å². The van der Waals surface area contributed by atoms with Crippen LogP contribution >= 0.6 is 11.3 Å². The standard InChI is InChI=1S/C26H17N3O4S/c30-23(16-10-12-18(13-11-16)27-24(31)22-9-4-14-34-22)28-19-6-3-5-17(15-19)25-29-21-8-2-1-7-20(21)26(32)33-25/h1-15H,(H,27,31)(H,28,30). The van der Waals surface area contributed by atoms with Crippen LogP contribution in [0.5, 0.6) is 0 Å². The van der Waals surface area contributed by atoms with E-state index in [0.717, 1.165) is 0 Å². The molecule has 8 heteroatoms. The van der Waals surface area contributed by atoms with E-state index in [1.807, 2.05) is 11.4 Å². The largest absolute Gasteiger partial charge is 0.403 e. The highest BCUT2D eigenvalue weighted by Gasteiger charge is 2.12. The molecule has 0 radical (unpaired) electrons. The van der Waals surface area contributed by atoms with Crippen LogP contribution in [0.1, 0.15) is 20.0 Å². The normalized spacial score (nSPS) is 10.7. The third-order valence-corrected chi connectivity index (χ3v) is 5.92. The van der Waals surface area contributed by atoms with Gasteiger partial charge in [0.25, 0.3) is 11.8 Å².